The summed E-state index contributed by atoms with van der Waals surface area (Å²) in [6.45, 7) is 4.24. The maximum Gasteiger partial charge on any atom is 0.317 e. The molecule has 1 atom stereocenters. The first-order chi connectivity index (χ1) is 9.28. The van der Waals surface area contributed by atoms with E-state index >= 15 is 0 Å². The first-order valence-electron chi connectivity index (χ1n) is 7.14. The molecule has 104 valence electrons. The van der Waals surface area contributed by atoms with E-state index in [0.29, 0.717) is 12.5 Å². The molecule has 2 amide bonds. The molecule has 0 aromatic carbocycles. The van der Waals surface area contributed by atoms with Crippen LogP contribution in [0.2, 0.25) is 0 Å². The van der Waals surface area contributed by atoms with Crippen LogP contribution in [-0.2, 0) is 0 Å². The number of hydrogen-bond acceptors (Lipinski definition) is 4. The minimum absolute atomic E-state index is 0.0234. The van der Waals surface area contributed by atoms with Gasteiger partial charge in [0, 0.05) is 31.5 Å². The second kappa shape index (κ2) is 5.19. The van der Waals surface area contributed by atoms with Crippen molar-refractivity contribution < 1.29 is 9.32 Å². The summed E-state index contributed by atoms with van der Waals surface area (Å²) in [6.07, 6.45) is 4.21. The molecule has 1 aliphatic heterocycles. The zero-order valence-electron chi connectivity index (χ0n) is 11.3. The number of aromatic nitrogens is 2. The standard InChI is InChI=1S/C13H20N4O2/c1-2-6-14-13(18)17-7-5-10(8-17)11-15-12(19-16-11)9-3-4-9/h9-10H,2-8H2,1H3,(H,14,18). The summed E-state index contributed by atoms with van der Waals surface area (Å²) in [5.41, 5.74) is 0. The molecule has 0 radical (unpaired) electrons. The average Bonchev–Trinajstić information content (AvgIpc) is 2.96. The van der Waals surface area contributed by atoms with E-state index in [2.05, 4.69) is 15.5 Å². The molecule has 3 rings (SSSR count). The zero-order valence-corrected chi connectivity index (χ0v) is 11.3. The molecule has 2 fully saturated rings. The number of likely N-dealkylation sites (tertiary alicyclic amines) is 1. The SMILES string of the molecule is CCCNC(=O)N1CCC(c2noc(C3CC3)n2)C1. The summed E-state index contributed by atoms with van der Waals surface area (Å²) in [7, 11) is 0. The molecule has 0 bridgehead atoms. The van der Waals surface area contributed by atoms with Gasteiger partial charge in [-0.3, -0.25) is 0 Å². The Kier molecular flexibility index (Phi) is 3.40. The van der Waals surface area contributed by atoms with Gasteiger partial charge in [0.25, 0.3) is 0 Å². The van der Waals surface area contributed by atoms with Crippen LogP contribution in [0.3, 0.4) is 0 Å². The van der Waals surface area contributed by atoms with Gasteiger partial charge in [0.2, 0.25) is 5.89 Å². The van der Waals surface area contributed by atoms with Gasteiger partial charge in [-0.15, -0.1) is 0 Å². The molecule has 2 heterocycles. The summed E-state index contributed by atoms with van der Waals surface area (Å²) >= 11 is 0. The van der Waals surface area contributed by atoms with Crippen molar-refractivity contribution in [1.82, 2.24) is 20.4 Å². The molecule has 1 aliphatic carbocycles. The van der Waals surface area contributed by atoms with Crippen LogP contribution in [0.4, 0.5) is 4.79 Å². The summed E-state index contributed by atoms with van der Waals surface area (Å²) in [5.74, 6) is 2.27. The van der Waals surface area contributed by atoms with Crippen molar-refractivity contribution in [2.24, 2.45) is 0 Å². The molecule has 6 nitrogen and oxygen atoms in total. The lowest BCUT2D eigenvalue weighted by molar-refractivity contribution is 0.208. The fourth-order valence-corrected chi connectivity index (χ4v) is 2.41. The third-order valence-corrected chi connectivity index (χ3v) is 3.75. The lowest BCUT2D eigenvalue weighted by Crippen LogP contribution is -2.38. The van der Waals surface area contributed by atoms with E-state index in [-0.39, 0.29) is 11.9 Å². The number of rotatable bonds is 4. The minimum Gasteiger partial charge on any atom is -0.339 e. The van der Waals surface area contributed by atoms with Gasteiger partial charge in [-0.05, 0) is 25.7 Å². The molecule has 1 aromatic heterocycles. The van der Waals surface area contributed by atoms with Crippen molar-refractivity contribution >= 4 is 6.03 Å². The number of carbonyl (C=O) groups excluding carboxylic acids is 1. The summed E-state index contributed by atoms with van der Waals surface area (Å²) < 4.78 is 5.28. The number of nitrogens with one attached hydrogen (secondary N) is 1. The molecule has 1 unspecified atom stereocenters. The maximum absolute atomic E-state index is 11.9. The number of carbonyl (C=O) groups is 1. The van der Waals surface area contributed by atoms with E-state index in [1.54, 1.807) is 0 Å². The monoisotopic (exact) mass is 264 g/mol. The average molecular weight is 264 g/mol. The van der Waals surface area contributed by atoms with Crippen LogP contribution in [0, 0.1) is 0 Å². The Morgan fingerprint density at radius 1 is 1.42 bits per heavy atom. The van der Waals surface area contributed by atoms with Crippen molar-refractivity contribution in [1.29, 1.82) is 0 Å². The molecule has 6 heteroatoms. The first-order valence-corrected chi connectivity index (χ1v) is 7.14. The fourth-order valence-electron chi connectivity index (χ4n) is 2.41. The van der Waals surface area contributed by atoms with Gasteiger partial charge < -0.3 is 14.7 Å². The van der Waals surface area contributed by atoms with Crippen LogP contribution in [0.1, 0.15) is 56.2 Å². The Bertz CT molecular complexity index is 455. The topological polar surface area (TPSA) is 71.3 Å². The van der Waals surface area contributed by atoms with Crippen LogP contribution in [0.15, 0.2) is 4.52 Å². The Labute approximate surface area is 112 Å². The van der Waals surface area contributed by atoms with Crippen molar-refractivity contribution in [2.75, 3.05) is 19.6 Å². The summed E-state index contributed by atoms with van der Waals surface area (Å²) in [6, 6.07) is 0.0234. The number of nitrogens with zero attached hydrogens (tertiary/aromatic N) is 3. The second-order valence-corrected chi connectivity index (χ2v) is 5.43. The third-order valence-electron chi connectivity index (χ3n) is 3.75. The van der Waals surface area contributed by atoms with E-state index in [0.717, 1.165) is 50.5 Å². The number of urea groups is 1. The maximum atomic E-state index is 11.9. The van der Waals surface area contributed by atoms with Crippen LogP contribution in [-0.4, -0.2) is 40.7 Å². The molecule has 1 saturated heterocycles. The smallest absolute Gasteiger partial charge is 0.317 e. The minimum atomic E-state index is 0.0234. The van der Waals surface area contributed by atoms with Gasteiger partial charge in [-0.25, -0.2) is 4.79 Å². The van der Waals surface area contributed by atoms with Crippen LogP contribution >= 0.6 is 0 Å². The molecular formula is C13H20N4O2. The highest BCUT2D eigenvalue weighted by Crippen LogP contribution is 2.39. The predicted molar refractivity (Wildman–Crippen MR) is 68.9 cm³/mol. The van der Waals surface area contributed by atoms with Gasteiger partial charge in [0.05, 0.1) is 0 Å². The van der Waals surface area contributed by atoms with Gasteiger partial charge in [-0.1, -0.05) is 12.1 Å². The van der Waals surface area contributed by atoms with Gasteiger partial charge in [0.15, 0.2) is 5.82 Å². The van der Waals surface area contributed by atoms with E-state index in [4.69, 9.17) is 4.52 Å². The predicted octanol–water partition coefficient (Wildman–Crippen LogP) is 1.86. The molecule has 1 saturated carbocycles. The fraction of sp³-hybridized carbons (Fsp3) is 0.769. The lowest BCUT2D eigenvalue weighted by Gasteiger charge is -2.16. The Morgan fingerprint density at radius 3 is 3.00 bits per heavy atom. The molecule has 0 spiro atoms. The van der Waals surface area contributed by atoms with Crippen LogP contribution < -0.4 is 5.32 Å². The van der Waals surface area contributed by atoms with Gasteiger partial charge in [0.1, 0.15) is 0 Å². The highest BCUT2D eigenvalue weighted by atomic mass is 16.5. The largest absolute Gasteiger partial charge is 0.339 e. The quantitative estimate of drug-likeness (QED) is 0.901. The Balaban J connectivity index is 1.56. The number of amides is 2. The van der Waals surface area contributed by atoms with E-state index in [9.17, 15) is 4.79 Å². The lowest BCUT2D eigenvalue weighted by atomic mass is 10.1. The van der Waals surface area contributed by atoms with Gasteiger partial charge in [-0.2, -0.15) is 4.98 Å². The first kappa shape index (κ1) is 12.4. The van der Waals surface area contributed by atoms with E-state index in [1.807, 2.05) is 11.8 Å². The highest BCUT2D eigenvalue weighted by molar-refractivity contribution is 5.74. The van der Waals surface area contributed by atoms with Crippen molar-refractivity contribution in [2.45, 2.75) is 44.4 Å². The normalized spacial score (nSPS) is 22.8. The highest BCUT2D eigenvalue weighted by Gasteiger charge is 2.34. The van der Waals surface area contributed by atoms with E-state index < -0.39 is 0 Å². The third kappa shape index (κ3) is 2.72. The molecule has 2 aliphatic rings. The summed E-state index contributed by atoms with van der Waals surface area (Å²) in [4.78, 5) is 18.2. The Hall–Kier alpha value is -1.59. The van der Waals surface area contributed by atoms with Crippen molar-refractivity contribution in [3.05, 3.63) is 11.7 Å². The number of hydrogen-bond donors (Lipinski definition) is 1. The Morgan fingerprint density at radius 2 is 2.26 bits per heavy atom. The molecule has 1 aromatic rings. The van der Waals surface area contributed by atoms with Crippen LogP contribution in [0.25, 0.3) is 0 Å². The summed E-state index contributed by atoms with van der Waals surface area (Å²) in [5, 5.41) is 6.97. The van der Waals surface area contributed by atoms with Crippen molar-refractivity contribution in [3.63, 3.8) is 0 Å². The van der Waals surface area contributed by atoms with E-state index in [1.165, 1.54) is 0 Å². The van der Waals surface area contributed by atoms with Crippen molar-refractivity contribution in [3.8, 4) is 0 Å². The molecular weight excluding hydrogens is 244 g/mol. The molecule has 19 heavy (non-hydrogen) atoms. The van der Waals surface area contributed by atoms with Crippen LogP contribution in [0.5, 0.6) is 0 Å². The van der Waals surface area contributed by atoms with Gasteiger partial charge >= 0.3 is 6.03 Å². The molecule has 1 N–H and O–H groups in total. The second-order valence-electron chi connectivity index (χ2n) is 5.43. The zero-order chi connectivity index (χ0) is 13.2.